The minimum atomic E-state index is -0.0172. The molecule has 0 unspecified atom stereocenters. The number of methoxy groups -OCH3 is 1. The Morgan fingerprint density at radius 2 is 1.93 bits per heavy atom. The van der Waals surface area contributed by atoms with E-state index >= 15 is 0 Å². The van der Waals surface area contributed by atoms with Crippen LogP contribution in [0.25, 0.3) is 10.2 Å². The van der Waals surface area contributed by atoms with Gasteiger partial charge in [-0.3, -0.25) is 9.69 Å². The van der Waals surface area contributed by atoms with Crippen molar-refractivity contribution in [1.29, 1.82) is 0 Å². The van der Waals surface area contributed by atoms with Crippen molar-refractivity contribution < 1.29 is 9.53 Å². The van der Waals surface area contributed by atoms with Crippen LogP contribution in [0.2, 0.25) is 0 Å². The van der Waals surface area contributed by atoms with Crippen LogP contribution < -0.4 is 9.64 Å². The summed E-state index contributed by atoms with van der Waals surface area (Å²) in [7, 11) is 5.65. The Labute approximate surface area is 174 Å². The molecule has 0 radical (unpaired) electrons. The zero-order valence-corrected chi connectivity index (χ0v) is 18.3. The lowest BCUT2D eigenvalue weighted by molar-refractivity contribution is 0.0982. The summed E-state index contributed by atoms with van der Waals surface area (Å²) < 4.78 is 6.45. The molecule has 0 aliphatic heterocycles. The number of nitrogens with zero attached hydrogens (tertiary/aromatic N) is 3. The lowest BCUT2D eigenvalue weighted by Gasteiger charge is -2.23. The molecule has 1 heterocycles. The highest BCUT2D eigenvalue weighted by Crippen LogP contribution is 2.35. The largest absolute Gasteiger partial charge is 0.494 e. The van der Waals surface area contributed by atoms with E-state index in [0.717, 1.165) is 38.7 Å². The SMILES string of the molecule is CCSc1ccccc1C(=O)N(CCN(C)C)c1nc2c(OC)cccc2s1. The molecule has 3 rings (SSSR count). The van der Waals surface area contributed by atoms with Gasteiger partial charge in [-0.2, -0.15) is 0 Å². The summed E-state index contributed by atoms with van der Waals surface area (Å²) in [6.45, 7) is 3.41. The van der Waals surface area contributed by atoms with E-state index < -0.39 is 0 Å². The van der Waals surface area contributed by atoms with E-state index in [1.807, 2.05) is 56.6 Å². The molecule has 0 saturated heterocycles. The van der Waals surface area contributed by atoms with Crippen molar-refractivity contribution in [3.8, 4) is 5.75 Å². The van der Waals surface area contributed by atoms with E-state index in [4.69, 9.17) is 9.72 Å². The van der Waals surface area contributed by atoms with E-state index in [0.29, 0.717) is 11.7 Å². The quantitative estimate of drug-likeness (QED) is 0.502. The van der Waals surface area contributed by atoms with Crippen molar-refractivity contribution >= 4 is 44.4 Å². The maximum absolute atomic E-state index is 13.5. The first-order chi connectivity index (χ1) is 13.5. The molecule has 1 amide bonds. The second-order valence-corrected chi connectivity index (χ2v) is 8.81. The number of likely N-dealkylation sites (N-methyl/N-ethyl adjacent to an activating group) is 1. The van der Waals surface area contributed by atoms with Gasteiger partial charge in [0.1, 0.15) is 11.3 Å². The first kappa shape index (κ1) is 20.6. The highest BCUT2D eigenvalue weighted by molar-refractivity contribution is 7.99. The van der Waals surface area contributed by atoms with Crippen LogP contribution >= 0.6 is 23.1 Å². The van der Waals surface area contributed by atoms with Crippen LogP contribution in [0.3, 0.4) is 0 Å². The summed E-state index contributed by atoms with van der Waals surface area (Å²) in [4.78, 5) is 23.1. The topological polar surface area (TPSA) is 45.7 Å². The molecule has 0 aliphatic carbocycles. The normalized spacial score (nSPS) is 11.2. The summed E-state index contributed by atoms with van der Waals surface area (Å²) in [5.74, 6) is 1.62. The number of thiazole rings is 1. The minimum Gasteiger partial charge on any atom is -0.494 e. The Kier molecular flexibility index (Phi) is 6.93. The van der Waals surface area contributed by atoms with Crippen LogP contribution in [-0.4, -0.2) is 55.8 Å². The van der Waals surface area contributed by atoms with Gasteiger partial charge >= 0.3 is 0 Å². The second kappa shape index (κ2) is 9.41. The first-order valence-corrected chi connectivity index (χ1v) is 11.0. The zero-order valence-electron chi connectivity index (χ0n) is 16.6. The van der Waals surface area contributed by atoms with Crippen LogP contribution in [0.15, 0.2) is 47.4 Å². The molecule has 0 N–H and O–H groups in total. The van der Waals surface area contributed by atoms with E-state index in [-0.39, 0.29) is 5.91 Å². The number of thioether (sulfide) groups is 1. The number of rotatable bonds is 8. The molecule has 1 aromatic heterocycles. The van der Waals surface area contributed by atoms with Gasteiger partial charge in [-0.15, -0.1) is 11.8 Å². The van der Waals surface area contributed by atoms with Crippen LogP contribution in [0.5, 0.6) is 5.75 Å². The second-order valence-electron chi connectivity index (χ2n) is 6.49. The standard InChI is InChI=1S/C21H25N3O2S2/c1-5-27-17-11-7-6-9-15(17)20(25)24(14-13-23(2)3)21-22-19-16(26-4)10-8-12-18(19)28-21/h6-12H,5,13-14H2,1-4H3. The van der Waals surface area contributed by atoms with Gasteiger partial charge in [0.2, 0.25) is 0 Å². The van der Waals surface area contributed by atoms with Crippen molar-refractivity contribution in [3.05, 3.63) is 48.0 Å². The van der Waals surface area contributed by atoms with Gasteiger partial charge in [0.15, 0.2) is 5.13 Å². The fraction of sp³-hybridized carbons (Fsp3) is 0.333. The maximum Gasteiger partial charge on any atom is 0.261 e. The molecule has 148 valence electrons. The summed E-state index contributed by atoms with van der Waals surface area (Å²) in [6.07, 6.45) is 0. The highest BCUT2D eigenvalue weighted by atomic mass is 32.2. The number of ether oxygens (including phenoxy) is 1. The number of para-hydroxylation sites is 1. The Bertz CT molecular complexity index is 956. The van der Waals surface area contributed by atoms with E-state index in [1.165, 1.54) is 11.3 Å². The van der Waals surface area contributed by atoms with Gasteiger partial charge in [0.25, 0.3) is 5.91 Å². The van der Waals surface area contributed by atoms with Gasteiger partial charge in [-0.1, -0.05) is 36.5 Å². The number of hydrogen-bond acceptors (Lipinski definition) is 6. The molecular weight excluding hydrogens is 390 g/mol. The van der Waals surface area contributed by atoms with Gasteiger partial charge in [-0.05, 0) is 44.1 Å². The molecule has 0 atom stereocenters. The molecule has 0 spiro atoms. The molecule has 3 aromatic rings. The van der Waals surface area contributed by atoms with E-state index in [1.54, 1.807) is 23.8 Å². The number of aromatic nitrogens is 1. The Morgan fingerprint density at radius 1 is 1.14 bits per heavy atom. The molecule has 7 heteroatoms. The summed E-state index contributed by atoms with van der Waals surface area (Å²) in [5, 5.41) is 0.697. The number of fused-ring (bicyclic) bond motifs is 1. The number of carbonyl (C=O) groups excluding carboxylic acids is 1. The van der Waals surface area contributed by atoms with Crippen molar-refractivity contribution in [2.24, 2.45) is 0 Å². The van der Waals surface area contributed by atoms with Gasteiger partial charge in [0.05, 0.1) is 17.4 Å². The van der Waals surface area contributed by atoms with Crippen LogP contribution in [-0.2, 0) is 0 Å². The number of carbonyl (C=O) groups is 1. The maximum atomic E-state index is 13.5. The fourth-order valence-electron chi connectivity index (χ4n) is 2.85. The average Bonchev–Trinajstić information content (AvgIpc) is 3.12. The van der Waals surface area contributed by atoms with Crippen molar-refractivity contribution in [2.45, 2.75) is 11.8 Å². The lowest BCUT2D eigenvalue weighted by atomic mass is 10.2. The number of amides is 1. The third-order valence-corrected chi connectivity index (χ3v) is 6.25. The summed E-state index contributed by atoms with van der Waals surface area (Å²) in [5.41, 5.74) is 1.52. The number of anilines is 1. The molecular formula is C21H25N3O2S2. The third kappa shape index (κ3) is 4.48. The fourth-order valence-corrected chi connectivity index (χ4v) is 4.65. The average molecular weight is 416 g/mol. The van der Waals surface area contributed by atoms with Gasteiger partial charge in [0, 0.05) is 18.0 Å². The molecule has 5 nitrogen and oxygen atoms in total. The zero-order chi connectivity index (χ0) is 20.1. The Morgan fingerprint density at radius 3 is 2.64 bits per heavy atom. The Balaban J connectivity index is 2.03. The van der Waals surface area contributed by atoms with Crippen molar-refractivity contribution in [2.75, 3.05) is 44.9 Å². The molecule has 0 aliphatic rings. The van der Waals surface area contributed by atoms with Gasteiger partial charge < -0.3 is 9.64 Å². The van der Waals surface area contributed by atoms with E-state index in [9.17, 15) is 4.79 Å². The number of benzene rings is 2. The highest BCUT2D eigenvalue weighted by Gasteiger charge is 2.24. The van der Waals surface area contributed by atoms with Gasteiger partial charge in [-0.25, -0.2) is 4.98 Å². The Hall–Kier alpha value is -2.09. The monoisotopic (exact) mass is 415 g/mol. The van der Waals surface area contributed by atoms with Crippen LogP contribution in [0, 0.1) is 0 Å². The van der Waals surface area contributed by atoms with Crippen molar-refractivity contribution in [1.82, 2.24) is 9.88 Å². The van der Waals surface area contributed by atoms with Crippen LogP contribution in [0.4, 0.5) is 5.13 Å². The predicted molar refractivity (Wildman–Crippen MR) is 119 cm³/mol. The molecule has 2 aromatic carbocycles. The molecule has 28 heavy (non-hydrogen) atoms. The number of hydrogen-bond donors (Lipinski definition) is 0. The first-order valence-electron chi connectivity index (χ1n) is 9.17. The summed E-state index contributed by atoms with van der Waals surface area (Å²) >= 11 is 3.20. The predicted octanol–water partition coefficient (Wildman–Crippen LogP) is 4.63. The molecule has 0 saturated carbocycles. The van der Waals surface area contributed by atoms with Crippen LogP contribution in [0.1, 0.15) is 17.3 Å². The van der Waals surface area contributed by atoms with Crippen molar-refractivity contribution in [3.63, 3.8) is 0 Å². The molecule has 0 fully saturated rings. The lowest BCUT2D eigenvalue weighted by Crippen LogP contribution is -2.37. The smallest absolute Gasteiger partial charge is 0.261 e. The minimum absolute atomic E-state index is 0.0172. The third-order valence-electron chi connectivity index (χ3n) is 4.25. The molecule has 0 bridgehead atoms. The van der Waals surface area contributed by atoms with E-state index in [2.05, 4.69) is 11.8 Å². The summed E-state index contributed by atoms with van der Waals surface area (Å²) in [6, 6.07) is 13.6.